The van der Waals surface area contributed by atoms with Crippen molar-refractivity contribution in [2.45, 2.75) is 32.1 Å². The quantitative estimate of drug-likeness (QED) is 0.632. The molecule has 0 spiro atoms. The van der Waals surface area contributed by atoms with Crippen molar-refractivity contribution in [2.24, 2.45) is 0 Å². The molecule has 2 amide bonds. The molecule has 1 aliphatic rings. The summed E-state index contributed by atoms with van der Waals surface area (Å²) in [6.07, 6.45) is 2.72. The molecule has 0 aliphatic carbocycles. The van der Waals surface area contributed by atoms with Gasteiger partial charge in [-0.05, 0) is 73.7 Å². The van der Waals surface area contributed by atoms with Crippen LogP contribution in [-0.4, -0.2) is 49.4 Å². The number of rotatable bonds is 8. The van der Waals surface area contributed by atoms with Gasteiger partial charge in [-0.25, -0.2) is 0 Å². The van der Waals surface area contributed by atoms with Gasteiger partial charge in [-0.2, -0.15) is 0 Å². The van der Waals surface area contributed by atoms with Gasteiger partial charge in [-0.15, -0.1) is 0 Å². The Morgan fingerprint density at radius 3 is 2.53 bits per heavy atom. The fourth-order valence-electron chi connectivity index (χ4n) is 3.84. The molecule has 2 aromatic carbocycles. The highest BCUT2D eigenvalue weighted by atomic mass is 35.5. The number of hydrogen-bond donors (Lipinski definition) is 2. The third-order valence-corrected chi connectivity index (χ3v) is 5.87. The summed E-state index contributed by atoms with van der Waals surface area (Å²) in [6.45, 7) is 5.34. The highest BCUT2D eigenvalue weighted by Gasteiger charge is 2.24. The zero-order valence-corrected chi connectivity index (χ0v) is 18.3. The Morgan fingerprint density at radius 2 is 1.83 bits per heavy atom. The van der Waals surface area contributed by atoms with Crippen molar-refractivity contribution in [2.75, 3.05) is 32.7 Å². The fourth-order valence-corrected chi connectivity index (χ4v) is 3.97. The molecule has 0 bridgehead atoms. The highest BCUT2D eigenvalue weighted by molar-refractivity contribution is 6.30. The van der Waals surface area contributed by atoms with Crippen molar-refractivity contribution < 1.29 is 9.59 Å². The number of amides is 2. The van der Waals surface area contributed by atoms with Crippen LogP contribution in [0.1, 0.15) is 47.2 Å². The first-order valence-corrected chi connectivity index (χ1v) is 11.1. The molecule has 0 atom stereocenters. The molecular formula is C24H30ClN3O2. The van der Waals surface area contributed by atoms with Crippen LogP contribution < -0.4 is 10.6 Å². The number of nitrogens with one attached hydrogen (secondary N) is 2. The second-order valence-corrected chi connectivity index (χ2v) is 8.13. The average Bonchev–Trinajstić information content (AvgIpc) is 2.78. The number of piperidine rings is 1. The summed E-state index contributed by atoms with van der Waals surface area (Å²) in [5, 5.41) is 6.80. The summed E-state index contributed by atoms with van der Waals surface area (Å²) in [6, 6.07) is 15.6. The van der Waals surface area contributed by atoms with Crippen LogP contribution in [0.25, 0.3) is 0 Å². The Hall–Kier alpha value is -2.37. The number of carbonyl (C=O) groups excluding carboxylic acids is 2. The predicted molar refractivity (Wildman–Crippen MR) is 121 cm³/mol. The van der Waals surface area contributed by atoms with Gasteiger partial charge in [0.2, 0.25) is 5.91 Å². The number of hydrogen-bond acceptors (Lipinski definition) is 3. The summed E-state index contributed by atoms with van der Waals surface area (Å²) in [4.78, 5) is 26.9. The minimum Gasteiger partial charge on any atom is -0.343 e. The summed E-state index contributed by atoms with van der Waals surface area (Å²) in [5.74, 6) is 0.219. The van der Waals surface area contributed by atoms with Crippen LogP contribution in [0.15, 0.2) is 48.5 Å². The summed E-state index contributed by atoms with van der Waals surface area (Å²) >= 11 is 5.97. The lowest BCUT2D eigenvalue weighted by Gasteiger charge is -2.32. The van der Waals surface area contributed by atoms with Gasteiger partial charge in [-0.1, -0.05) is 42.8 Å². The van der Waals surface area contributed by atoms with Gasteiger partial charge in [0.05, 0.1) is 6.54 Å². The molecule has 1 heterocycles. The van der Waals surface area contributed by atoms with E-state index in [0.29, 0.717) is 24.6 Å². The van der Waals surface area contributed by atoms with E-state index in [1.807, 2.05) is 35.2 Å². The molecule has 2 aromatic rings. The maximum absolute atomic E-state index is 12.5. The van der Waals surface area contributed by atoms with Gasteiger partial charge >= 0.3 is 0 Å². The first kappa shape index (κ1) is 22.3. The number of carbonyl (C=O) groups is 2. The Kier molecular flexibility index (Phi) is 8.29. The van der Waals surface area contributed by atoms with Crippen molar-refractivity contribution in [1.29, 1.82) is 0 Å². The van der Waals surface area contributed by atoms with Crippen molar-refractivity contribution in [1.82, 2.24) is 15.5 Å². The second-order valence-electron chi connectivity index (χ2n) is 7.69. The maximum Gasteiger partial charge on any atom is 0.251 e. The largest absolute Gasteiger partial charge is 0.343 e. The number of nitrogens with zero attached hydrogens (tertiary/aromatic N) is 1. The normalized spacial score (nSPS) is 14.5. The summed E-state index contributed by atoms with van der Waals surface area (Å²) in [7, 11) is 0. The molecule has 6 heteroatoms. The summed E-state index contributed by atoms with van der Waals surface area (Å²) in [5.41, 5.74) is 2.98. The standard InChI is InChI=1S/C24H30ClN3O2/c1-2-26-13-10-18-4-3-5-21(16-18)24(30)27-17-23(29)28-14-11-20(12-15-28)19-6-8-22(25)9-7-19/h3-9,16,20,26H,2,10-15,17H2,1H3,(H,27,30). The third-order valence-electron chi connectivity index (χ3n) is 5.62. The number of benzene rings is 2. The molecule has 0 saturated carbocycles. The van der Waals surface area contributed by atoms with Gasteiger partial charge in [0.25, 0.3) is 5.91 Å². The van der Waals surface area contributed by atoms with E-state index in [0.717, 1.165) is 42.9 Å². The predicted octanol–water partition coefficient (Wildman–Crippen LogP) is 3.63. The minimum atomic E-state index is -0.204. The molecule has 3 rings (SSSR count). The van der Waals surface area contributed by atoms with Crippen molar-refractivity contribution in [3.63, 3.8) is 0 Å². The van der Waals surface area contributed by atoms with Crippen molar-refractivity contribution in [3.05, 3.63) is 70.2 Å². The zero-order chi connectivity index (χ0) is 21.3. The van der Waals surface area contributed by atoms with E-state index in [1.54, 1.807) is 6.07 Å². The highest BCUT2D eigenvalue weighted by Crippen LogP contribution is 2.28. The topological polar surface area (TPSA) is 61.4 Å². The van der Waals surface area contributed by atoms with Gasteiger partial charge in [0.1, 0.15) is 0 Å². The number of halogens is 1. The molecule has 160 valence electrons. The Labute approximate surface area is 183 Å². The Bertz CT molecular complexity index is 846. The van der Waals surface area contributed by atoms with Gasteiger partial charge in [-0.3, -0.25) is 9.59 Å². The monoisotopic (exact) mass is 427 g/mol. The van der Waals surface area contributed by atoms with Crippen LogP contribution in [0.5, 0.6) is 0 Å². The van der Waals surface area contributed by atoms with Gasteiger partial charge < -0.3 is 15.5 Å². The Balaban J connectivity index is 1.45. The molecule has 1 fully saturated rings. The smallest absolute Gasteiger partial charge is 0.251 e. The van der Waals surface area contributed by atoms with E-state index in [4.69, 9.17) is 11.6 Å². The molecule has 5 nitrogen and oxygen atoms in total. The van der Waals surface area contributed by atoms with Crippen LogP contribution >= 0.6 is 11.6 Å². The van der Waals surface area contributed by atoms with E-state index >= 15 is 0 Å². The maximum atomic E-state index is 12.5. The van der Waals surface area contributed by atoms with E-state index in [1.165, 1.54) is 5.56 Å². The van der Waals surface area contributed by atoms with E-state index in [2.05, 4.69) is 29.7 Å². The third kappa shape index (κ3) is 6.31. The molecule has 0 radical (unpaired) electrons. The van der Waals surface area contributed by atoms with Crippen LogP contribution in [0, 0.1) is 0 Å². The molecule has 1 saturated heterocycles. The molecule has 2 N–H and O–H groups in total. The molecule has 1 aliphatic heterocycles. The van der Waals surface area contributed by atoms with Crippen molar-refractivity contribution in [3.8, 4) is 0 Å². The van der Waals surface area contributed by atoms with E-state index < -0.39 is 0 Å². The van der Waals surface area contributed by atoms with E-state index in [9.17, 15) is 9.59 Å². The van der Waals surface area contributed by atoms with Crippen LogP contribution in [0.4, 0.5) is 0 Å². The summed E-state index contributed by atoms with van der Waals surface area (Å²) < 4.78 is 0. The Morgan fingerprint density at radius 1 is 1.10 bits per heavy atom. The van der Waals surface area contributed by atoms with Gasteiger partial charge in [0.15, 0.2) is 0 Å². The fraction of sp³-hybridized carbons (Fsp3) is 0.417. The average molecular weight is 428 g/mol. The number of likely N-dealkylation sites (N-methyl/N-ethyl adjacent to an activating group) is 1. The first-order chi connectivity index (χ1) is 14.6. The van der Waals surface area contributed by atoms with Gasteiger partial charge in [0, 0.05) is 23.7 Å². The van der Waals surface area contributed by atoms with Crippen LogP contribution in [0.2, 0.25) is 5.02 Å². The lowest BCUT2D eigenvalue weighted by Crippen LogP contribution is -2.43. The minimum absolute atomic E-state index is 0.0267. The lowest BCUT2D eigenvalue weighted by molar-refractivity contribution is -0.131. The SMILES string of the molecule is CCNCCc1cccc(C(=O)NCC(=O)N2CCC(c3ccc(Cl)cc3)CC2)c1. The van der Waals surface area contributed by atoms with E-state index in [-0.39, 0.29) is 18.4 Å². The molecule has 0 aromatic heterocycles. The molecular weight excluding hydrogens is 398 g/mol. The first-order valence-electron chi connectivity index (χ1n) is 10.7. The molecule has 30 heavy (non-hydrogen) atoms. The van der Waals surface area contributed by atoms with Crippen LogP contribution in [-0.2, 0) is 11.2 Å². The zero-order valence-electron chi connectivity index (χ0n) is 17.5. The van der Waals surface area contributed by atoms with Crippen molar-refractivity contribution >= 4 is 23.4 Å². The number of likely N-dealkylation sites (tertiary alicyclic amines) is 1. The molecule has 0 unspecified atom stereocenters. The van der Waals surface area contributed by atoms with Crippen LogP contribution in [0.3, 0.4) is 0 Å². The lowest BCUT2D eigenvalue weighted by atomic mass is 9.89. The second kappa shape index (κ2) is 11.1.